The predicted molar refractivity (Wildman–Crippen MR) is 179 cm³/mol. The van der Waals surface area contributed by atoms with E-state index < -0.39 is 54.1 Å². The summed E-state index contributed by atoms with van der Waals surface area (Å²) in [6, 6.07) is 16.0. The van der Waals surface area contributed by atoms with Gasteiger partial charge < -0.3 is 31.5 Å². The van der Waals surface area contributed by atoms with Gasteiger partial charge in [-0.3, -0.25) is 19.3 Å². The Balaban J connectivity index is 1.50. The normalized spacial score (nSPS) is 21.7. The van der Waals surface area contributed by atoms with Crippen LogP contribution in [0.3, 0.4) is 0 Å². The summed E-state index contributed by atoms with van der Waals surface area (Å²) in [4.78, 5) is 53.8. The molecule has 2 aliphatic rings. The topological polar surface area (TPSA) is 163 Å². The van der Waals surface area contributed by atoms with E-state index in [2.05, 4.69) is 20.9 Å². The smallest absolute Gasteiger partial charge is 0.408 e. The Labute approximate surface area is 278 Å². The Morgan fingerprint density at radius 1 is 0.936 bits per heavy atom. The summed E-state index contributed by atoms with van der Waals surface area (Å²) in [5.41, 5.74) is 6.68. The number of nitrogens with two attached hydrogens (primary N) is 1. The van der Waals surface area contributed by atoms with E-state index in [-0.39, 0.29) is 25.5 Å². The highest BCUT2D eigenvalue weighted by Crippen LogP contribution is 2.39. The molecule has 0 aromatic heterocycles. The highest BCUT2D eigenvalue weighted by atomic mass is 16.5. The zero-order valence-electron chi connectivity index (χ0n) is 27.8. The molecular weight excluding hydrogens is 598 g/mol. The number of benzene rings is 2. The van der Waals surface area contributed by atoms with E-state index in [9.17, 15) is 24.3 Å². The van der Waals surface area contributed by atoms with Crippen LogP contribution in [0.15, 0.2) is 60.7 Å². The first-order valence-corrected chi connectivity index (χ1v) is 16.7. The quantitative estimate of drug-likeness (QED) is 0.223. The van der Waals surface area contributed by atoms with Crippen LogP contribution in [-0.4, -0.2) is 76.7 Å². The average molecular weight is 650 g/mol. The van der Waals surface area contributed by atoms with Gasteiger partial charge in [-0.2, -0.15) is 0 Å². The lowest BCUT2D eigenvalue weighted by Gasteiger charge is -2.47. The molecule has 11 heteroatoms. The van der Waals surface area contributed by atoms with Gasteiger partial charge in [0.15, 0.2) is 0 Å². The standard InChI is InChI=1S/C36H51N5O6/c1-36(2,3)40-34(45)30-19-26-16-10-11-17-27(26)21-41(30)22-31(42)28(18-24-12-6-4-7-13-24)38-33(44)29(20-32(37)43)39-35(46)47-23-25-14-8-5-9-15-25/h4-9,12-15,26-31,42H,10-11,16-23H2,1-3H3,(H2,37,43)(H,38,44)(H,39,46)(H,40,45)/t26-,27+,28-,29-,30-,31+/m0/s1. The van der Waals surface area contributed by atoms with Gasteiger partial charge in [0.1, 0.15) is 12.6 Å². The molecule has 0 unspecified atom stereocenters. The molecule has 1 heterocycles. The fourth-order valence-corrected chi connectivity index (χ4v) is 6.75. The minimum absolute atomic E-state index is 0.0193. The van der Waals surface area contributed by atoms with Crippen LogP contribution >= 0.6 is 0 Å². The molecule has 1 saturated carbocycles. The number of β-amino-alcohol motifs (C(OH)–C–C–N with tert-alkyl or cyclic N) is 1. The van der Waals surface area contributed by atoms with Crippen molar-refractivity contribution in [2.45, 2.75) is 102 Å². The number of likely N-dealkylation sites (tertiary alicyclic amines) is 1. The van der Waals surface area contributed by atoms with Crippen molar-refractivity contribution in [3.05, 3.63) is 71.8 Å². The second kappa shape index (κ2) is 16.7. The third-order valence-corrected chi connectivity index (χ3v) is 9.04. The summed E-state index contributed by atoms with van der Waals surface area (Å²) in [5, 5.41) is 20.2. The van der Waals surface area contributed by atoms with E-state index in [1.165, 1.54) is 6.42 Å². The number of primary amides is 1. The number of amides is 4. The van der Waals surface area contributed by atoms with Gasteiger partial charge >= 0.3 is 6.09 Å². The first-order chi connectivity index (χ1) is 22.4. The third kappa shape index (κ3) is 11.4. The number of hydrogen-bond acceptors (Lipinski definition) is 7. The van der Waals surface area contributed by atoms with E-state index in [1.807, 2.05) is 69.3 Å². The fraction of sp³-hybridized carbons (Fsp3) is 0.556. The number of fused-ring (bicyclic) bond motifs is 1. The second-order valence-corrected chi connectivity index (χ2v) is 14.1. The summed E-state index contributed by atoms with van der Waals surface area (Å²) in [7, 11) is 0. The highest BCUT2D eigenvalue weighted by Gasteiger charge is 2.42. The van der Waals surface area contributed by atoms with Crippen molar-refractivity contribution in [2.75, 3.05) is 13.1 Å². The number of piperidine rings is 1. The lowest BCUT2D eigenvalue weighted by atomic mass is 9.72. The molecule has 11 nitrogen and oxygen atoms in total. The number of carbonyl (C=O) groups is 4. The van der Waals surface area contributed by atoms with Gasteiger partial charge in [0.05, 0.1) is 24.6 Å². The summed E-state index contributed by atoms with van der Waals surface area (Å²) in [6.45, 7) is 6.70. The number of aliphatic hydroxyl groups is 1. The largest absolute Gasteiger partial charge is 0.445 e. The van der Waals surface area contributed by atoms with E-state index in [1.54, 1.807) is 12.1 Å². The van der Waals surface area contributed by atoms with Gasteiger partial charge in [-0.05, 0) is 63.0 Å². The molecule has 1 saturated heterocycles. The summed E-state index contributed by atoms with van der Waals surface area (Å²) in [6.07, 6.45) is 3.14. The molecule has 0 radical (unpaired) electrons. The molecule has 1 aliphatic heterocycles. The molecule has 0 spiro atoms. The first-order valence-electron chi connectivity index (χ1n) is 16.7. The highest BCUT2D eigenvalue weighted by molar-refractivity contribution is 5.90. The zero-order valence-corrected chi connectivity index (χ0v) is 27.8. The predicted octanol–water partition coefficient (Wildman–Crippen LogP) is 3.04. The molecule has 256 valence electrons. The number of nitrogens with zero attached hydrogens (tertiary/aromatic N) is 1. The second-order valence-electron chi connectivity index (χ2n) is 14.1. The molecule has 2 aromatic rings. The monoisotopic (exact) mass is 649 g/mol. The van der Waals surface area contributed by atoms with Crippen LogP contribution in [0.4, 0.5) is 4.79 Å². The molecular formula is C36H51N5O6. The number of aliphatic hydroxyl groups excluding tert-OH is 1. The number of alkyl carbamates (subject to hydrolysis) is 1. The van der Waals surface area contributed by atoms with Gasteiger partial charge in [0.25, 0.3) is 0 Å². The molecule has 6 atom stereocenters. The van der Waals surface area contributed by atoms with Crippen molar-refractivity contribution in [3.8, 4) is 0 Å². The summed E-state index contributed by atoms with van der Waals surface area (Å²) >= 11 is 0. The molecule has 4 amide bonds. The Bertz CT molecular complexity index is 1330. The van der Waals surface area contributed by atoms with Crippen molar-refractivity contribution < 1.29 is 29.0 Å². The van der Waals surface area contributed by atoms with Crippen LogP contribution in [0.1, 0.15) is 70.4 Å². The van der Waals surface area contributed by atoms with Crippen molar-refractivity contribution in [1.29, 1.82) is 0 Å². The van der Waals surface area contributed by atoms with Crippen LogP contribution in [0, 0.1) is 11.8 Å². The zero-order chi connectivity index (χ0) is 34.0. The molecule has 6 N–H and O–H groups in total. The number of ether oxygens (including phenoxy) is 1. The average Bonchev–Trinajstić information content (AvgIpc) is 3.02. The number of rotatable bonds is 13. The van der Waals surface area contributed by atoms with E-state index in [0.717, 1.165) is 36.8 Å². The maximum absolute atomic E-state index is 13.6. The van der Waals surface area contributed by atoms with Crippen molar-refractivity contribution in [3.63, 3.8) is 0 Å². The molecule has 2 fully saturated rings. The maximum atomic E-state index is 13.6. The van der Waals surface area contributed by atoms with Crippen LogP contribution in [-0.2, 0) is 32.1 Å². The molecule has 4 rings (SSSR count). The summed E-state index contributed by atoms with van der Waals surface area (Å²) < 4.78 is 5.27. The van der Waals surface area contributed by atoms with Crippen LogP contribution in [0.5, 0.6) is 0 Å². The molecule has 47 heavy (non-hydrogen) atoms. The lowest BCUT2D eigenvalue weighted by Crippen LogP contribution is -2.61. The van der Waals surface area contributed by atoms with Gasteiger partial charge in [0.2, 0.25) is 17.7 Å². The fourth-order valence-electron chi connectivity index (χ4n) is 6.75. The van der Waals surface area contributed by atoms with Gasteiger partial charge in [0, 0.05) is 18.6 Å². The van der Waals surface area contributed by atoms with Gasteiger partial charge in [-0.1, -0.05) is 79.9 Å². The summed E-state index contributed by atoms with van der Waals surface area (Å²) in [5.74, 6) is -0.597. The number of nitrogens with one attached hydrogen (secondary N) is 3. The van der Waals surface area contributed by atoms with Crippen molar-refractivity contribution >= 4 is 23.8 Å². The number of hydrogen-bond donors (Lipinski definition) is 5. The Morgan fingerprint density at radius 2 is 1.55 bits per heavy atom. The van der Waals surface area contributed by atoms with E-state index in [0.29, 0.717) is 18.4 Å². The van der Waals surface area contributed by atoms with Gasteiger partial charge in [-0.15, -0.1) is 0 Å². The lowest BCUT2D eigenvalue weighted by molar-refractivity contribution is -0.133. The van der Waals surface area contributed by atoms with Crippen LogP contribution in [0.25, 0.3) is 0 Å². The van der Waals surface area contributed by atoms with Crippen molar-refractivity contribution in [1.82, 2.24) is 20.9 Å². The van der Waals surface area contributed by atoms with E-state index >= 15 is 0 Å². The third-order valence-electron chi connectivity index (χ3n) is 9.04. The number of carbonyl (C=O) groups excluding carboxylic acids is 4. The van der Waals surface area contributed by atoms with Crippen molar-refractivity contribution in [2.24, 2.45) is 17.6 Å². The Hall–Kier alpha value is -3.96. The Kier molecular flexibility index (Phi) is 12.8. The Morgan fingerprint density at radius 3 is 2.17 bits per heavy atom. The minimum atomic E-state index is -1.32. The van der Waals surface area contributed by atoms with Crippen LogP contribution < -0.4 is 21.7 Å². The van der Waals surface area contributed by atoms with Gasteiger partial charge in [-0.25, -0.2) is 4.79 Å². The first kappa shape index (κ1) is 35.9. The molecule has 2 aromatic carbocycles. The maximum Gasteiger partial charge on any atom is 0.408 e. The van der Waals surface area contributed by atoms with E-state index in [4.69, 9.17) is 10.5 Å². The van der Waals surface area contributed by atoms with Crippen LogP contribution in [0.2, 0.25) is 0 Å². The minimum Gasteiger partial charge on any atom is -0.445 e. The molecule has 0 bridgehead atoms. The SMILES string of the molecule is CC(C)(C)NC(=O)[C@@H]1C[C@@H]2CCCC[C@@H]2CN1C[C@@H](O)[C@H](Cc1ccccc1)NC(=O)[C@H](CC(N)=O)NC(=O)OCc1ccccc1. The molecule has 1 aliphatic carbocycles.